The Hall–Kier alpha value is -2.41. The van der Waals surface area contributed by atoms with Crippen molar-refractivity contribution in [3.05, 3.63) is 24.3 Å². The van der Waals surface area contributed by atoms with Crippen LogP contribution in [0.25, 0.3) is 0 Å². The minimum atomic E-state index is -0.406. The molecule has 1 aromatic rings. The van der Waals surface area contributed by atoms with E-state index in [2.05, 4.69) is 16.0 Å². The average molecular weight is 356 g/mol. The molecule has 2 saturated heterocycles. The summed E-state index contributed by atoms with van der Waals surface area (Å²) in [6.07, 6.45) is 6.05. The molecule has 0 aromatic heterocycles. The monoisotopic (exact) mass is 356 g/mol. The summed E-state index contributed by atoms with van der Waals surface area (Å²) in [5, 5.41) is 8.86. The van der Waals surface area contributed by atoms with Gasteiger partial charge in [0.05, 0.1) is 5.92 Å². The summed E-state index contributed by atoms with van der Waals surface area (Å²) in [6, 6.07) is 6.76. The van der Waals surface area contributed by atoms with Crippen LogP contribution in [0.4, 0.5) is 16.2 Å². The number of benzene rings is 1. The standard InChI is InChI=1S/C19H24N4O3/c24-16-7-10-23(18(26)22-16)15-5-3-14(4-6-15)21-17(25)13-11-19(20-12-13)8-1-2-9-19/h3-6,13,20H,1-2,7-12H2,(H,21,25)(H,22,24,26). The second kappa shape index (κ2) is 6.72. The Morgan fingerprint density at radius 1 is 1.15 bits per heavy atom. The average Bonchev–Trinajstić information content (AvgIpc) is 3.26. The molecule has 1 atom stereocenters. The van der Waals surface area contributed by atoms with Crippen molar-refractivity contribution in [1.29, 1.82) is 0 Å². The molecule has 3 N–H and O–H groups in total. The van der Waals surface area contributed by atoms with Crippen LogP contribution in [0.2, 0.25) is 0 Å². The van der Waals surface area contributed by atoms with E-state index in [-0.39, 0.29) is 23.3 Å². The van der Waals surface area contributed by atoms with E-state index >= 15 is 0 Å². The number of hydrogen-bond donors (Lipinski definition) is 3. The van der Waals surface area contributed by atoms with Crippen LogP contribution in [0, 0.1) is 5.92 Å². The SMILES string of the molecule is O=C1CCN(c2ccc(NC(=O)C3CNC4(CCCC4)C3)cc2)C(=O)N1. The maximum absolute atomic E-state index is 12.6. The number of imide groups is 1. The third kappa shape index (κ3) is 3.31. The third-order valence-corrected chi connectivity index (χ3v) is 5.79. The first-order chi connectivity index (χ1) is 12.5. The number of hydrogen-bond acceptors (Lipinski definition) is 4. The molecule has 4 amide bonds. The van der Waals surface area contributed by atoms with Gasteiger partial charge in [0.2, 0.25) is 11.8 Å². The Kier molecular flexibility index (Phi) is 4.40. The highest BCUT2D eigenvalue weighted by atomic mass is 16.2. The van der Waals surface area contributed by atoms with E-state index in [1.54, 1.807) is 24.3 Å². The predicted molar refractivity (Wildman–Crippen MR) is 97.9 cm³/mol. The normalized spacial score (nSPS) is 24.8. The Labute approximate surface area is 152 Å². The van der Waals surface area contributed by atoms with Crippen molar-refractivity contribution in [2.24, 2.45) is 5.92 Å². The molecule has 1 saturated carbocycles. The third-order valence-electron chi connectivity index (χ3n) is 5.79. The topological polar surface area (TPSA) is 90.5 Å². The molecular formula is C19H24N4O3. The molecule has 2 aliphatic heterocycles. The molecule has 7 heteroatoms. The quantitative estimate of drug-likeness (QED) is 0.773. The highest BCUT2D eigenvalue weighted by Gasteiger charge is 2.43. The van der Waals surface area contributed by atoms with Crippen LogP contribution in [0.15, 0.2) is 24.3 Å². The van der Waals surface area contributed by atoms with Crippen LogP contribution in [0.3, 0.4) is 0 Å². The summed E-state index contributed by atoms with van der Waals surface area (Å²) >= 11 is 0. The lowest BCUT2D eigenvalue weighted by Crippen LogP contribution is -2.49. The molecule has 1 spiro atoms. The first-order valence-electron chi connectivity index (χ1n) is 9.32. The molecule has 3 fully saturated rings. The van der Waals surface area contributed by atoms with E-state index in [9.17, 15) is 14.4 Å². The summed E-state index contributed by atoms with van der Waals surface area (Å²) in [5.41, 5.74) is 1.62. The summed E-state index contributed by atoms with van der Waals surface area (Å²) in [4.78, 5) is 37.2. The molecule has 138 valence electrons. The Morgan fingerprint density at radius 3 is 2.58 bits per heavy atom. The Morgan fingerprint density at radius 2 is 1.88 bits per heavy atom. The number of carbonyl (C=O) groups is 3. The van der Waals surface area contributed by atoms with E-state index in [0.29, 0.717) is 18.7 Å². The summed E-state index contributed by atoms with van der Waals surface area (Å²) < 4.78 is 0. The van der Waals surface area contributed by atoms with Crippen molar-refractivity contribution < 1.29 is 14.4 Å². The zero-order chi connectivity index (χ0) is 18.1. The number of nitrogens with one attached hydrogen (secondary N) is 3. The molecule has 4 rings (SSSR count). The Bertz CT molecular complexity index is 725. The van der Waals surface area contributed by atoms with E-state index < -0.39 is 6.03 Å². The van der Waals surface area contributed by atoms with Crippen molar-refractivity contribution in [1.82, 2.24) is 10.6 Å². The van der Waals surface area contributed by atoms with Gasteiger partial charge in [0.25, 0.3) is 0 Å². The molecular weight excluding hydrogens is 332 g/mol. The molecule has 0 radical (unpaired) electrons. The van der Waals surface area contributed by atoms with Crippen molar-refractivity contribution in [3.63, 3.8) is 0 Å². The lowest BCUT2D eigenvalue weighted by atomic mass is 9.91. The molecule has 7 nitrogen and oxygen atoms in total. The van der Waals surface area contributed by atoms with Gasteiger partial charge in [-0.2, -0.15) is 0 Å². The van der Waals surface area contributed by atoms with Gasteiger partial charge in [-0.15, -0.1) is 0 Å². The molecule has 1 aliphatic carbocycles. The predicted octanol–water partition coefficient (Wildman–Crippen LogP) is 1.99. The van der Waals surface area contributed by atoms with Gasteiger partial charge in [-0.1, -0.05) is 12.8 Å². The number of nitrogens with zero attached hydrogens (tertiary/aromatic N) is 1. The molecule has 26 heavy (non-hydrogen) atoms. The van der Waals surface area contributed by atoms with Gasteiger partial charge >= 0.3 is 6.03 Å². The summed E-state index contributed by atoms with van der Waals surface area (Å²) in [7, 11) is 0. The number of urea groups is 1. The molecule has 1 aromatic carbocycles. The van der Waals surface area contributed by atoms with E-state index in [1.165, 1.54) is 30.6 Å². The van der Waals surface area contributed by atoms with Crippen molar-refractivity contribution in [2.45, 2.75) is 44.1 Å². The van der Waals surface area contributed by atoms with Crippen LogP contribution in [0.5, 0.6) is 0 Å². The fraction of sp³-hybridized carbons (Fsp3) is 0.526. The van der Waals surface area contributed by atoms with Crippen molar-refractivity contribution in [3.8, 4) is 0 Å². The molecule has 2 heterocycles. The second-order valence-electron chi connectivity index (χ2n) is 7.56. The number of amides is 4. The van der Waals surface area contributed by atoms with Gasteiger partial charge in [0, 0.05) is 36.4 Å². The minimum absolute atomic E-state index is 0.00617. The van der Waals surface area contributed by atoms with Gasteiger partial charge in [0.15, 0.2) is 0 Å². The van der Waals surface area contributed by atoms with Crippen LogP contribution < -0.4 is 20.9 Å². The fourth-order valence-electron chi connectivity index (χ4n) is 4.35. The number of anilines is 2. The lowest BCUT2D eigenvalue weighted by Gasteiger charge is -2.26. The summed E-state index contributed by atoms with van der Waals surface area (Å²) in [5.74, 6) is -0.192. The highest BCUT2D eigenvalue weighted by molar-refractivity contribution is 6.05. The second-order valence-corrected chi connectivity index (χ2v) is 7.56. The fourth-order valence-corrected chi connectivity index (χ4v) is 4.35. The van der Waals surface area contributed by atoms with E-state index in [0.717, 1.165) is 18.7 Å². The smallest absolute Gasteiger partial charge is 0.326 e. The maximum atomic E-state index is 12.6. The van der Waals surface area contributed by atoms with Crippen LogP contribution in [-0.4, -0.2) is 36.5 Å². The van der Waals surface area contributed by atoms with Crippen LogP contribution in [0.1, 0.15) is 38.5 Å². The van der Waals surface area contributed by atoms with Crippen molar-refractivity contribution >= 4 is 29.2 Å². The highest BCUT2D eigenvalue weighted by Crippen LogP contribution is 2.39. The minimum Gasteiger partial charge on any atom is -0.326 e. The number of rotatable bonds is 3. The lowest BCUT2D eigenvalue weighted by molar-refractivity contribution is -0.120. The zero-order valence-corrected chi connectivity index (χ0v) is 14.7. The van der Waals surface area contributed by atoms with E-state index in [1.807, 2.05) is 0 Å². The Balaban J connectivity index is 1.36. The van der Waals surface area contributed by atoms with E-state index in [4.69, 9.17) is 0 Å². The van der Waals surface area contributed by atoms with Crippen molar-refractivity contribution in [2.75, 3.05) is 23.3 Å². The van der Waals surface area contributed by atoms with Gasteiger partial charge < -0.3 is 10.6 Å². The van der Waals surface area contributed by atoms with Crippen LogP contribution in [-0.2, 0) is 9.59 Å². The van der Waals surface area contributed by atoms with Gasteiger partial charge in [0.1, 0.15) is 0 Å². The largest absolute Gasteiger partial charge is 0.328 e. The van der Waals surface area contributed by atoms with Gasteiger partial charge in [-0.25, -0.2) is 4.79 Å². The maximum Gasteiger partial charge on any atom is 0.328 e. The summed E-state index contributed by atoms with van der Waals surface area (Å²) in [6.45, 7) is 1.11. The zero-order valence-electron chi connectivity index (χ0n) is 14.7. The molecule has 0 bridgehead atoms. The van der Waals surface area contributed by atoms with Gasteiger partial charge in [-0.05, 0) is 43.5 Å². The van der Waals surface area contributed by atoms with Crippen LogP contribution >= 0.6 is 0 Å². The van der Waals surface area contributed by atoms with Gasteiger partial charge in [-0.3, -0.25) is 19.8 Å². The number of carbonyl (C=O) groups excluding carboxylic acids is 3. The first-order valence-corrected chi connectivity index (χ1v) is 9.32. The molecule has 1 unspecified atom stereocenters. The molecule has 3 aliphatic rings. The first kappa shape index (κ1) is 17.0.